The number of hydrogen-bond acceptors (Lipinski definition) is 3. The molecule has 84 valence electrons. The van der Waals surface area contributed by atoms with E-state index >= 15 is 0 Å². The zero-order valence-corrected chi connectivity index (χ0v) is 11.0. The van der Waals surface area contributed by atoms with Crippen molar-refractivity contribution in [2.75, 3.05) is 5.32 Å². The zero-order chi connectivity index (χ0) is 12.3. The van der Waals surface area contributed by atoms with Crippen LogP contribution in [0.5, 0.6) is 0 Å². The lowest BCUT2D eigenvalue weighted by Crippen LogP contribution is -1.96. The Bertz CT molecular complexity index is 593. The average molecular weight is 309 g/mol. The van der Waals surface area contributed by atoms with Crippen molar-refractivity contribution in [3.8, 4) is 6.07 Å². The SMILES string of the molecule is N#Cc1ccccc1Nc1ncc(Br)cc1Cl. The maximum Gasteiger partial charge on any atom is 0.149 e. The monoisotopic (exact) mass is 307 g/mol. The minimum Gasteiger partial charge on any atom is -0.338 e. The summed E-state index contributed by atoms with van der Waals surface area (Å²) in [6, 6.07) is 11.0. The minimum atomic E-state index is 0.493. The highest BCUT2D eigenvalue weighted by molar-refractivity contribution is 9.10. The molecule has 1 heterocycles. The largest absolute Gasteiger partial charge is 0.338 e. The number of rotatable bonds is 2. The quantitative estimate of drug-likeness (QED) is 0.908. The number of benzene rings is 1. The van der Waals surface area contributed by atoms with Gasteiger partial charge in [0.05, 0.1) is 16.3 Å². The number of halogens is 2. The van der Waals surface area contributed by atoms with Crippen molar-refractivity contribution >= 4 is 39.0 Å². The van der Waals surface area contributed by atoms with Crippen molar-refractivity contribution in [2.24, 2.45) is 0 Å². The van der Waals surface area contributed by atoms with Crippen LogP contribution in [0.4, 0.5) is 11.5 Å². The Morgan fingerprint density at radius 3 is 2.82 bits per heavy atom. The van der Waals surface area contributed by atoms with Crippen LogP contribution in [0.2, 0.25) is 5.02 Å². The van der Waals surface area contributed by atoms with E-state index in [1.165, 1.54) is 0 Å². The Balaban J connectivity index is 2.35. The molecule has 0 saturated carbocycles. The summed E-state index contributed by atoms with van der Waals surface area (Å²) in [5.74, 6) is 0.526. The first-order valence-electron chi connectivity index (χ1n) is 4.78. The molecule has 0 fully saturated rings. The fraction of sp³-hybridized carbons (Fsp3) is 0. The summed E-state index contributed by atoms with van der Waals surface area (Å²) in [7, 11) is 0. The van der Waals surface area contributed by atoms with Crippen LogP contribution in [-0.4, -0.2) is 4.98 Å². The second kappa shape index (κ2) is 5.17. The molecule has 3 nitrogen and oxygen atoms in total. The molecule has 5 heteroatoms. The summed E-state index contributed by atoms with van der Waals surface area (Å²) in [6.07, 6.45) is 1.64. The summed E-state index contributed by atoms with van der Waals surface area (Å²) >= 11 is 9.32. The first-order chi connectivity index (χ1) is 8.20. The fourth-order valence-corrected chi connectivity index (χ4v) is 2.00. The van der Waals surface area contributed by atoms with E-state index in [4.69, 9.17) is 16.9 Å². The highest BCUT2D eigenvalue weighted by Gasteiger charge is 2.05. The van der Waals surface area contributed by atoms with E-state index in [0.29, 0.717) is 22.1 Å². The standard InChI is InChI=1S/C12H7BrClN3/c13-9-5-10(14)12(16-7-9)17-11-4-2-1-3-8(11)6-15/h1-5,7H,(H,16,17). The molecule has 0 atom stereocenters. The van der Waals surface area contributed by atoms with Gasteiger partial charge in [-0.25, -0.2) is 4.98 Å². The molecule has 2 rings (SSSR count). The first kappa shape index (κ1) is 11.9. The van der Waals surface area contributed by atoms with Gasteiger partial charge in [0.2, 0.25) is 0 Å². The normalized spacial score (nSPS) is 9.71. The molecule has 1 aromatic carbocycles. The lowest BCUT2D eigenvalue weighted by molar-refractivity contribution is 1.29. The molecule has 0 spiro atoms. The topological polar surface area (TPSA) is 48.7 Å². The fourth-order valence-electron chi connectivity index (χ4n) is 1.32. The molecule has 0 saturated heterocycles. The summed E-state index contributed by atoms with van der Waals surface area (Å²) in [6.45, 7) is 0. The van der Waals surface area contributed by atoms with E-state index in [1.807, 2.05) is 6.07 Å². The van der Waals surface area contributed by atoms with Gasteiger partial charge >= 0.3 is 0 Å². The molecular weight excluding hydrogens is 302 g/mol. The van der Waals surface area contributed by atoms with E-state index in [9.17, 15) is 0 Å². The Kier molecular flexibility index (Phi) is 3.62. The van der Waals surface area contributed by atoms with Crippen LogP contribution in [-0.2, 0) is 0 Å². The van der Waals surface area contributed by atoms with Crippen molar-refractivity contribution in [3.05, 3.63) is 51.6 Å². The van der Waals surface area contributed by atoms with Gasteiger partial charge in [-0.15, -0.1) is 0 Å². The predicted octanol–water partition coefficient (Wildman–Crippen LogP) is 4.11. The van der Waals surface area contributed by atoms with Crippen LogP contribution < -0.4 is 5.32 Å². The summed E-state index contributed by atoms with van der Waals surface area (Å²) in [5, 5.41) is 12.5. The number of pyridine rings is 1. The van der Waals surface area contributed by atoms with Gasteiger partial charge in [-0.05, 0) is 34.1 Å². The highest BCUT2D eigenvalue weighted by atomic mass is 79.9. The Morgan fingerprint density at radius 2 is 2.12 bits per heavy atom. The average Bonchev–Trinajstić information content (AvgIpc) is 2.33. The third kappa shape index (κ3) is 2.76. The Labute approximate surface area is 112 Å². The molecule has 1 N–H and O–H groups in total. The molecule has 0 amide bonds. The maximum absolute atomic E-state index is 8.96. The van der Waals surface area contributed by atoms with Gasteiger partial charge in [0.25, 0.3) is 0 Å². The van der Waals surface area contributed by atoms with E-state index in [2.05, 4.69) is 32.3 Å². The van der Waals surface area contributed by atoms with Gasteiger partial charge in [0.1, 0.15) is 11.9 Å². The Hall–Kier alpha value is -1.57. The molecule has 0 aliphatic carbocycles. The second-order valence-corrected chi connectivity index (χ2v) is 4.59. The van der Waals surface area contributed by atoms with Crippen LogP contribution >= 0.6 is 27.5 Å². The van der Waals surface area contributed by atoms with Crippen molar-refractivity contribution < 1.29 is 0 Å². The zero-order valence-electron chi connectivity index (χ0n) is 8.61. The maximum atomic E-state index is 8.96. The van der Waals surface area contributed by atoms with Gasteiger partial charge in [0, 0.05) is 10.7 Å². The molecule has 0 aliphatic rings. The summed E-state index contributed by atoms with van der Waals surface area (Å²) in [5.41, 5.74) is 1.24. The number of para-hydroxylation sites is 1. The smallest absolute Gasteiger partial charge is 0.149 e. The van der Waals surface area contributed by atoms with E-state index < -0.39 is 0 Å². The first-order valence-corrected chi connectivity index (χ1v) is 5.95. The molecule has 2 aromatic rings. The highest BCUT2D eigenvalue weighted by Crippen LogP contribution is 2.27. The lowest BCUT2D eigenvalue weighted by Gasteiger charge is -2.08. The van der Waals surface area contributed by atoms with Gasteiger partial charge in [-0.2, -0.15) is 5.26 Å². The Morgan fingerprint density at radius 1 is 1.35 bits per heavy atom. The molecule has 0 bridgehead atoms. The van der Waals surface area contributed by atoms with Crippen LogP contribution in [0.1, 0.15) is 5.56 Å². The minimum absolute atomic E-state index is 0.493. The third-order valence-electron chi connectivity index (χ3n) is 2.11. The summed E-state index contributed by atoms with van der Waals surface area (Å²) < 4.78 is 0.807. The number of nitrogens with zero attached hydrogens (tertiary/aromatic N) is 2. The lowest BCUT2D eigenvalue weighted by atomic mass is 10.2. The van der Waals surface area contributed by atoms with Crippen molar-refractivity contribution in [1.29, 1.82) is 5.26 Å². The molecule has 1 aromatic heterocycles. The van der Waals surface area contributed by atoms with Crippen LogP contribution in [0.25, 0.3) is 0 Å². The number of nitrogens with one attached hydrogen (secondary N) is 1. The van der Waals surface area contributed by atoms with E-state index in [0.717, 1.165) is 4.47 Å². The number of nitriles is 1. The van der Waals surface area contributed by atoms with E-state index in [-0.39, 0.29) is 0 Å². The van der Waals surface area contributed by atoms with Gasteiger partial charge in [-0.1, -0.05) is 23.7 Å². The molecule has 0 aliphatic heterocycles. The summed E-state index contributed by atoms with van der Waals surface area (Å²) in [4.78, 5) is 4.15. The number of anilines is 2. The molecule has 17 heavy (non-hydrogen) atoms. The molecular formula is C12H7BrClN3. The second-order valence-electron chi connectivity index (χ2n) is 3.27. The molecule has 0 radical (unpaired) electrons. The number of aromatic nitrogens is 1. The van der Waals surface area contributed by atoms with Crippen molar-refractivity contribution in [3.63, 3.8) is 0 Å². The van der Waals surface area contributed by atoms with Gasteiger partial charge < -0.3 is 5.32 Å². The third-order valence-corrected chi connectivity index (χ3v) is 2.83. The van der Waals surface area contributed by atoms with Crippen LogP contribution in [0, 0.1) is 11.3 Å². The van der Waals surface area contributed by atoms with Crippen molar-refractivity contribution in [2.45, 2.75) is 0 Å². The van der Waals surface area contributed by atoms with Crippen molar-refractivity contribution in [1.82, 2.24) is 4.98 Å². The van der Waals surface area contributed by atoms with E-state index in [1.54, 1.807) is 30.5 Å². The van der Waals surface area contributed by atoms with Gasteiger partial charge in [0.15, 0.2) is 0 Å². The van der Waals surface area contributed by atoms with Gasteiger partial charge in [-0.3, -0.25) is 0 Å². The number of hydrogen-bond donors (Lipinski definition) is 1. The molecule has 0 unspecified atom stereocenters. The predicted molar refractivity (Wildman–Crippen MR) is 71.4 cm³/mol. The van der Waals surface area contributed by atoms with Crippen LogP contribution in [0.15, 0.2) is 41.0 Å². The van der Waals surface area contributed by atoms with Crippen LogP contribution in [0.3, 0.4) is 0 Å².